The summed E-state index contributed by atoms with van der Waals surface area (Å²) >= 11 is 16.8. The minimum Gasteiger partial charge on any atom is -0.114 e. The average Bonchev–Trinajstić information content (AvgIpc) is 3.46. The second kappa shape index (κ2) is 14.3. The van der Waals surface area contributed by atoms with Gasteiger partial charge in [-0.3, -0.25) is 0 Å². The van der Waals surface area contributed by atoms with Crippen molar-refractivity contribution in [3.63, 3.8) is 0 Å². The summed E-state index contributed by atoms with van der Waals surface area (Å²) in [5.74, 6) is 0.926. The molecule has 6 aromatic carbocycles. The van der Waals surface area contributed by atoms with Crippen LogP contribution >= 0.6 is 23.2 Å². The second-order valence-electron chi connectivity index (χ2n) is 15.7. The van der Waals surface area contributed by atoms with E-state index < -0.39 is 18.5 Å². The van der Waals surface area contributed by atoms with Crippen LogP contribution in [0.3, 0.4) is 0 Å². The summed E-state index contributed by atoms with van der Waals surface area (Å²) in [7, 11) is -1.35. The van der Waals surface area contributed by atoms with Crippen LogP contribution in [0.4, 0.5) is 0 Å². The number of fused-ring (bicyclic) bond motifs is 4. The maximum Gasteiger partial charge on any atom is 0.0923 e. The Labute approximate surface area is 341 Å². The van der Waals surface area contributed by atoms with Crippen LogP contribution in [-0.2, 0) is 35.2 Å². The Hall–Kier alpha value is -3.00. The number of alkyl halides is 2. The fourth-order valence-electron chi connectivity index (χ4n) is 9.35. The van der Waals surface area contributed by atoms with Gasteiger partial charge in [-0.05, 0) is 127 Å². The van der Waals surface area contributed by atoms with Crippen molar-refractivity contribution in [1.82, 2.24) is 0 Å². The molecule has 0 N–H and O–H groups in total. The first-order valence-electron chi connectivity index (χ1n) is 18.5. The maximum absolute atomic E-state index is 8.40. The van der Waals surface area contributed by atoms with Crippen molar-refractivity contribution >= 4 is 65.4 Å². The SMILES string of the molecule is CC1=C(CC(C)C)C(Cl)([SiH2]C2(Cl)C(CC(C)C)=C(C)c3c(-c4cccc5ccccc45)cccc32)c2cccc(-c3cccc4ccccc34)c21.[Zr]. The Morgan fingerprint density at radius 3 is 1.23 bits per heavy atom. The molecule has 4 heteroatoms. The molecule has 0 amide bonds. The van der Waals surface area contributed by atoms with E-state index in [1.54, 1.807) is 0 Å². The third-order valence-corrected chi connectivity index (χ3v) is 15.7. The predicted octanol–water partition coefficient (Wildman–Crippen LogP) is 13.6. The Morgan fingerprint density at radius 1 is 0.481 bits per heavy atom. The average molecular weight is 813 g/mol. The Balaban J connectivity index is 0.00000420. The van der Waals surface area contributed by atoms with Crippen LogP contribution in [0.25, 0.3) is 54.9 Å². The zero-order valence-corrected chi connectivity index (χ0v) is 36.5. The molecule has 0 aromatic heterocycles. The molecular weight excluding hydrogens is 767 g/mol. The Kier molecular flexibility index (Phi) is 10.3. The number of benzene rings is 6. The number of halogens is 2. The van der Waals surface area contributed by atoms with E-state index in [4.69, 9.17) is 23.2 Å². The van der Waals surface area contributed by atoms with E-state index in [1.807, 2.05) is 0 Å². The van der Waals surface area contributed by atoms with Crippen LogP contribution in [0.2, 0.25) is 0 Å². The molecule has 260 valence electrons. The van der Waals surface area contributed by atoms with Crippen LogP contribution in [0.5, 0.6) is 0 Å². The monoisotopic (exact) mass is 810 g/mol. The molecule has 52 heavy (non-hydrogen) atoms. The number of hydrogen-bond acceptors (Lipinski definition) is 0. The van der Waals surface area contributed by atoms with E-state index in [0.29, 0.717) is 11.8 Å². The summed E-state index contributed by atoms with van der Waals surface area (Å²) in [6.07, 6.45) is 1.90. The third kappa shape index (κ3) is 5.98. The largest absolute Gasteiger partial charge is 0.114 e. The van der Waals surface area contributed by atoms with E-state index >= 15 is 0 Å². The summed E-state index contributed by atoms with van der Waals surface area (Å²) in [6.45, 7) is 13.9. The van der Waals surface area contributed by atoms with Crippen molar-refractivity contribution in [2.75, 3.05) is 0 Å². The summed E-state index contributed by atoms with van der Waals surface area (Å²) in [6, 6.07) is 44.5. The van der Waals surface area contributed by atoms with Gasteiger partial charge in [0.2, 0.25) is 0 Å². The van der Waals surface area contributed by atoms with Gasteiger partial charge in [0.05, 0.1) is 18.5 Å². The molecule has 6 aromatic rings. The van der Waals surface area contributed by atoms with E-state index in [0.717, 1.165) is 12.8 Å². The summed E-state index contributed by atoms with van der Waals surface area (Å²) < 4.78 is -1.27. The van der Waals surface area contributed by atoms with Crippen molar-refractivity contribution in [3.05, 3.63) is 155 Å². The van der Waals surface area contributed by atoms with Crippen LogP contribution in [-0.4, -0.2) is 9.52 Å². The molecular formula is C48H46Cl2SiZr. The van der Waals surface area contributed by atoms with Crippen molar-refractivity contribution < 1.29 is 26.2 Å². The molecule has 2 unspecified atom stereocenters. The molecule has 0 fully saturated rings. The van der Waals surface area contributed by atoms with Crippen molar-refractivity contribution in [1.29, 1.82) is 0 Å². The molecule has 0 bridgehead atoms. The summed E-state index contributed by atoms with van der Waals surface area (Å²) in [4.78, 5) is 0. The van der Waals surface area contributed by atoms with Gasteiger partial charge in [-0.1, -0.05) is 149 Å². The quantitative estimate of drug-likeness (QED) is 0.106. The standard InChI is InChI=1S/C48H46Cl2Si.Zr/c1-29(2)27-43-31(5)45-39(37-21-11-17-33-15-7-9-19-35(33)37)23-13-25-41(45)47(43,49)51-48(50)42-26-14-24-40(46(42)32(6)44(48)28-30(3)4)38-22-12-18-34-16-8-10-20-36(34)38;/h7-26,29-30H,27-28,51H2,1-6H3;. The molecule has 2 atom stereocenters. The molecule has 0 spiro atoms. The van der Waals surface area contributed by atoms with Gasteiger partial charge in [0, 0.05) is 26.2 Å². The van der Waals surface area contributed by atoms with Gasteiger partial charge in [0.15, 0.2) is 0 Å². The van der Waals surface area contributed by atoms with Gasteiger partial charge in [-0.15, -0.1) is 23.2 Å². The Bertz CT molecular complexity index is 2240. The second-order valence-corrected chi connectivity index (χ2v) is 20.4. The van der Waals surface area contributed by atoms with Crippen molar-refractivity contribution in [2.24, 2.45) is 11.8 Å². The molecule has 0 nitrogen and oxygen atoms in total. The van der Waals surface area contributed by atoms with Gasteiger partial charge in [-0.2, -0.15) is 0 Å². The fraction of sp³-hybridized carbons (Fsp3) is 0.250. The predicted molar refractivity (Wildman–Crippen MR) is 226 cm³/mol. The molecule has 0 saturated carbocycles. The zero-order chi connectivity index (χ0) is 35.7. The summed E-state index contributed by atoms with van der Waals surface area (Å²) in [5, 5.41) is 5.05. The first-order valence-corrected chi connectivity index (χ1v) is 20.7. The van der Waals surface area contributed by atoms with Crippen LogP contribution in [0, 0.1) is 11.8 Å². The molecule has 0 heterocycles. The van der Waals surface area contributed by atoms with Crippen LogP contribution in [0.1, 0.15) is 76.6 Å². The van der Waals surface area contributed by atoms with Crippen LogP contribution in [0.15, 0.2) is 132 Å². The Morgan fingerprint density at radius 2 is 0.827 bits per heavy atom. The number of hydrogen-bond donors (Lipinski definition) is 0. The first-order chi connectivity index (χ1) is 24.5. The van der Waals surface area contributed by atoms with Crippen LogP contribution < -0.4 is 0 Å². The van der Waals surface area contributed by atoms with Gasteiger partial charge in [0.25, 0.3) is 0 Å². The van der Waals surface area contributed by atoms with Gasteiger partial charge in [0.1, 0.15) is 0 Å². The van der Waals surface area contributed by atoms with E-state index in [1.165, 1.54) is 88.3 Å². The molecule has 0 radical (unpaired) electrons. The van der Waals surface area contributed by atoms with Crippen molar-refractivity contribution in [2.45, 2.75) is 63.4 Å². The van der Waals surface area contributed by atoms with E-state index in [9.17, 15) is 0 Å². The molecule has 2 aliphatic carbocycles. The van der Waals surface area contributed by atoms with E-state index in [-0.39, 0.29) is 26.2 Å². The van der Waals surface area contributed by atoms with Gasteiger partial charge in [-0.25, -0.2) is 0 Å². The molecule has 8 rings (SSSR count). The topological polar surface area (TPSA) is 0 Å². The number of rotatable bonds is 8. The number of allylic oxidation sites excluding steroid dienone is 4. The van der Waals surface area contributed by atoms with Crippen molar-refractivity contribution in [3.8, 4) is 22.3 Å². The summed E-state index contributed by atoms with van der Waals surface area (Å²) in [5.41, 5.74) is 15.6. The molecule has 2 aliphatic rings. The van der Waals surface area contributed by atoms with E-state index in [2.05, 4.69) is 163 Å². The molecule has 0 saturated heterocycles. The third-order valence-electron chi connectivity index (χ3n) is 11.5. The molecule has 0 aliphatic heterocycles. The maximum atomic E-state index is 8.40. The smallest absolute Gasteiger partial charge is 0.0923 e. The van der Waals surface area contributed by atoms with Gasteiger partial charge < -0.3 is 0 Å². The first kappa shape index (κ1) is 37.3. The minimum atomic E-state index is -1.35. The normalized spacial score (nSPS) is 19.8. The zero-order valence-electron chi connectivity index (χ0n) is 31.1. The van der Waals surface area contributed by atoms with Gasteiger partial charge >= 0.3 is 0 Å². The fourth-order valence-corrected chi connectivity index (χ4v) is 14.4. The minimum absolute atomic E-state index is 0.